The molecule has 6 heteroatoms. The molecular formula is C17H19N3OS2. The van der Waals surface area contributed by atoms with Crippen LogP contribution in [0.15, 0.2) is 40.9 Å². The van der Waals surface area contributed by atoms with Crippen LogP contribution in [0.2, 0.25) is 0 Å². The van der Waals surface area contributed by atoms with E-state index in [4.69, 9.17) is 4.74 Å². The largest absolute Gasteiger partial charge is 0.497 e. The summed E-state index contributed by atoms with van der Waals surface area (Å²) in [5, 5.41) is 11.9. The Morgan fingerprint density at radius 3 is 2.83 bits per heavy atom. The Labute approximate surface area is 144 Å². The zero-order valence-corrected chi connectivity index (χ0v) is 15.1. The van der Waals surface area contributed by atoms with Crippen LogP contribution in [-0.4, -0.2) is 21.9 Å². The fourth-order valence-corrected chi connectivity index (χ4v) is 3.99. The molecule has 0 aliphatic heterocycles. The molecule has 3 rings (SSSR count). The predicted octanol–water partition coefficient (Wildman–Crippen LogP) is 4.64. The number of benzene rings is 1. The summed E-state index contributed by atoms with van der Waals surface area (Å²) in [6.07, 6.45) is 0. The molecule has 3 aromatic rings. The summed E-state index contributed by atoms with van der Waals surface area (Å²) in [5.41, 5.74) is 2.36. The number of ether oxygens (including phenoxy) is 1. The van der Waals surface area contributed by atoms with Crippen LogP contribution < -0.4 is 4.74 Å². The Bertz CT molecular complexity index is 795. The molecular weight excluding hydrogens is 326 g/mol. The van der Waals surface area contributed by atoms with Crippen molar-refractivity contribution in [1.82, 2.24) is 14.8 Å². The summed E-state index contributed by atoms with van der Waals surface area (Å²) < 4.78 is 7.45. The molecule has 0 saturated carbocycles. The van der Waals surface area contributed by atoms with Crippen molar-refractivity contribution in [3.8, 4) is 17.1 Å². The average Bonchev–Trinajstić information content (AvgIpc) is 3.18. The topological polar surface area (TPSA) is 39.9 Å². The first-order valence-corrected chi connectivity index (χ1v) is 9.32. The fourth-order valence-electron chi connectivity index (χ4n) is 2.36. The number of rotatable bonds is 6. The van der Waals surface area contributed by atoms with Gasteiger partial charge in [-0.05, 0) is 37.6 Å². The van der Waals surface area contributed by atoms with Gasteiger partial charge in [0.05, 0.1) is 7.11 Å². The third-order valence-electron chi connectivity index (χ3n) is 3.52. The monoisotopic (exact) mass is 345 g/mol. The van der Waals surface area contributed by atoms with E-state index in [1.807, 2.05) is 12.1 Å². The molecule has 0 unspecified atom stereocenters. The molecule has 0 spiro atoms. The number of nitrogens with zero attached hydrogens (tertiary/aromatic N) is 3. The summed E-state index contributed by atoms with van der Waals surface area (Å²) in [4.78, 5) is 1.29. The number of thioether (sulfide) groups is 1. The lowest BCUT2D eigenvalue weighted by Gasteiger charge is -2.07. The summed E-state index contributed by atoms with van der Waals surface area (Å²) in [6.45, 7) is 5.10. The van der Waals surface area contributed by atoms with Gasteiger partial charge in [-0.2, -0.15) is 0 Å². The minimum absolute atomic E-state index is 0.845. The number of aromatic nitrogens is 3. The second-order valence-corrected chi connectivity index (χ2v) is 7.19. The molecule has 1 aromatic carbocycles. The third kappa shape index (κ3) is 3.59. The van der Waals surface area contributed by atoms with Gasteiger partial charge < -0.3 is 9.30 Å². The van der Waals surface area contributed by atoms with Crippen molar-refractivity contribution in [2.45, 2.75) is 31.3 Å². The fraction of sp³-hybridized carbons (Fsp3) is 0.294. The van der Waals surface area contributed by atoms with Crippen molar-refractivity contribution >= 4 is 23.1 Å². The van der Waals surface area contributed by atoms with E-state index in [2.05, 4.69) is 52.2 Å². The number of hydrogen-bond acceptors (Lipinski definition) is 5. The van der Waals surface area contributed by atoms with Crippen LogP contribution >= 0.6 is 23.1 Å². The van der Waals surface area contributed by atoms with Gasteiger partial charge in [-0.25, -0.2) is 0 Å². The van der Waals surface area contributed by atoms with Crippen molar-refractivity contribution in [2.75, 3.05) is 7.11 Å². The Morgan fingerprint density at radius 2 is 2.13 bits per heavy atom. The molecule has 23 heavy (non-hydrogen) atoms. The molecule has 2 aromatic heterocycles. The highest BCUT2D eigenvalue weighted by atomic mass is 32.2. The number of hydrogen-bond donors (Lipinski definition) is 0. The maximum Gasteiger partial charge on any atom is 0.191 e. The zero-order chi connectivity index (χ0) is 16.2. The molecule has 0 amide bonds. The van der Waals surface area contributed by atoms with E-state index < -0.39 is 0 Å². The van der Waals surface area contributed by atoms with Crippen LogP contribution in [0.4, 0.5) is 0 Å². The molecule has 0 bridgehead atoms. The molecule has 4 nitrogen and oxygen atoms in total. The van der Waals surface area contributed by atoms with Crippen LogP contribution in [0.25, 0.3) is 11.4 Å². The van der Waals surface area contributed by atoms with Crippen LogP contribution in [-0.2, 0) is 12.3 Å². The highest BCUT2D eigenvalue weighted by molar-refractivity contribution is 7.98. The minimum atomic E-state index is 0.845. The standard InChI is InChI=1S/C17H19N3OS2/c1-4-20-16(14-8-12(2)22-11-14)18-19-17(20)23-10-13-6-5-7-15(9-13)21-3/h5-9,11H,4,10H2,1-3H3. The molecule has 0 fully saturated rings. The van der Waals surface area contributed by atoms with E-state index >= 15 is 0 Å². The normalized spacial score (nSPS) is 10.9. The van der Waals surface area contributed by atoms with Gasteiger partial charge in [0, 0.05) is 28.1 Å². The highest BCUT2D eigenvalue weighted by Gasteiger charge is 2.14. The van der Waals surface area contributed by atoms with E-state index in [-0.39, 0.29) is 0 Å². The van der Waals surface area contributed by atoms with E-state index in [9.17, 15) is 0 Å². The highest BCUT2D eigenvalue weighted by Crippen LogP contribution is 2.29. The first kappa shape index (κ1) is 16.1. The third-order valence-corrected chi connectivity index (χ3v) is 5.42. The SMILES string of the molecule is CCn1c(SCc2cccc(OC)c2)nnc1-c1csc(C)c1. The molecule has 2 heterocycles. The van der Waals surface area contributed by atoms with Crippen molar-refractivity contribution in [2.24, 2.45) is 0 Å². The number of thiophene rings is 1. The molecule has 0 N–H and O–H groups in total. The molecule has 0 radical (unpaired) electrons. The van der Waals surface area contributed by atoms with Gasteiger partial charge in [-0.15, -0.1) is 21.5 Å². The Kier molecular flexibility index (Phi) is 5.03. The Morgan fingerprint density at radius 1 is 1.26 bits per heavy atom. The van der Waals surface area contributed by atoms with Crippen LogP contribution in [0.1, 0.15) is 17.4 Å². The van der Waals surface area contributed by atoms with E-state index in [0.29, 0.717) is 0 Å². The first-order chi connectivity index (χ1) is 11.2. The van der Waals surface area contributed by atoms with Crippen molar-refractivity contribution in [3.63, 3.8) is 0 Å². The zero-order valence-electron chi connectivity index (χ0n) is 13.4. The quantitative estimate of drug-likeness (QED) is 0.610. The van der Waals surface area contributed by atoms with Gasteiger partial charge in [0.15, 0.2) is 11.0 Å². The number of aryl methyl sites for hydroxylation is 1. The molecule has 0 aliphatic rings. The minimum Gasteiger partial charge on any atom is -0.497 e. The molecule has 120 valence electrons. The van der Waals surface area contributed by atoms with Gasteiger partial charge in [-0.3, -0.25) is 0 Å². The van der Waals surface area contributed by atoms with Gasteiger partial charge in [0.25, 0.3) is 0 Å². The summed E-state index contributed by atoms with van der Waals surface area (Å²) in [7, 11) is 1.69. The maximum atomic E-state index is 5.27. The Hall–Kier alpha value is -1.79. The second-order valence-electron chi connectivity index (χ2n) is 5.14. The lowest BCUT2D eigenvalue weighted by Crippen LogP contribution is -1.99. The van der Waals surface area contributed by atoms with E-state index in [1.54, 1.807) is 30.2 Å². The van der Waals surface area contributed by atoms with Crippen LogP contribution in [0.3, 0.4) is 0 Å². The Balaban J connectivity index is 1.79. The smallest absolute Gasteiger partial charge is 0.191 e. The number of methoxy groups -OCH3 is 1. The van der Waals surface area contributed by atoms with Crippen molar-refractivity contribution in [3.05, 3.63) is 46.2 Å². The lowest BCUT2D eigenvalue weighted by atomic mass is 10.2. The average molecular weight is 345 g/mol. The van der Waals surface area contributed by atoms with E-state index in [1.165, 1.54) is 10.4 Å². The van der Waals surface area contributed by atoms with Gasteiger partial charge in [0.1, 0.15) is 5.75 Å². The molecule has 0 saturated heterocycles. The van der Waals surface area contributed by atoms with Gasteiger partial charge >= 0.3 is 0 Å². The van der Waals surface area contributed by atoms with Crippen LogP contribution in [0, 0.1) is 6.92 Å². The van der Waals surface area contributed by atoms with Gasteiger partial charge in [-0.1, -0.05) is 23.9 Å². The van der Waals surface area contributed by atoms with Gasteiger partial charge in [0.2, 0.25) is 0 Å². The summed E-state index contributed by atoms with van der Waals surface area (Å²) >= 11 is 3.44. The molecule has 0 atom stereocenters. The van der Waals surface area contributed by atoms with Crippen molar-refractivity contribution in [1.29, 1.82) is 0 Å². The predicted molar refractivity (Wildman–Crippen MR) is 96.3 cm³/mol. The summed E-state index contributed by atoms with van der Waals surface area (Å²) in [6, 6.07) is 10.3. The van der Waals surface area contributed by atoms with E-state index in [0.717, 1.165) is 34.6 Å². The van der Waals surface area contributed by atoms with Crippen molar-refractivity contribution < 1.29 is 4.74 Å². The lowest BCUT2D eigenvalue weighted by molar-refractivity contribution is 0.414. The second kappa shape index (κ2) is 7.19. The van der Waals surface area contributed by atoms with Crippen LogP contribution in [0.5, 0.6) is 5.75 Å². The molecule has 0 aliphatic carbocycles. The maximum absolute atomic E-state index is 5.27. The first-order valence-electron chi connectivity index (χ1n) is 7.45. The summed E-state index contributed by atoms with van der Waals surface area (Å²) in [5.74, 6) is 2.68.